The molecule has 0 aliphatic rings. The van der Waals surface area contributed by atoms with Crippen molar-refractivity contribution >= 4 is 11.6 Å². The molecule has 0 aromatic heterocycles. The lowest BCUT2D eigenvalue weighted by Gasteiger charge is -2.19. The number of likely N-dealkylation sites (N-methyl/N-ethyl adjacent to an activating group) is 1. The number of nitrogens with one attached hydrogen (secondary N) is 1. The maximum atomic E-state index is 12.0. The predicted molar refractivity (Wildman–Crippen MR) is 78.4 cm³/mol. The summed E-state index contributed by atoms with van der Waals surface area (Å²) in [6, 6.07) is 5.98. The molecule has 19 heavy (non-hydrogen) atoms. The van der Waals surface area contributed by atoms with Gasteiger partial charge < -0.3 is 10.4 Å². The van der Waals surface area contributed by atoms with Gasteiger partial charge in [-0.3, -0.25) is 9.69 Å². The molecule has 0 saturated carbocycles. The highest BCUT2D eigenvalue weighted by molar-refractivity contribution is 5.93. The number of amides is 1. The third-order valence-corrected chi connectivity index (χ3v) is 3.10. The minimum Gasteiger partial charge on any atom is -0.396 e. The summed E-state index contributed by atoms with van der Waals surface area (Å²) < 4.78 is 0. The van der Waals surface area contributed by atoms with Gasteiger partial charge in [0.25, 0.3) is 0 Å². The minimum absolute atomic E-state index is 0.00765. The summed E-state index contributed by atoms with van der Waals surface area (Å²) in [4.78, 5) is 14.0. The molecule has 0 saturated heterocycles. The molecule has 0 unspecified atom stereocenters. The Morgan fingerprint density at radius 2 is 2.11 bits per heavy atom. The third-order valence-electron chi connectivity index (χ3n) is 3.10. The first-order chi connectivity index (χ1) is 9.06. The van der Waals surface area contributed by atoms with Crippen LogP contribution in [0, 0.1) is 13.8 Å². The van der Waals surface area contributed by atoms with E-state index in [1.807, 2.05) is 37.8 Å². The molecule has 4 nitrogen and oxygen atoms in total. The number of aliphatic hydroxyl groups excluding tert-OH is 1. The molecule has 4 heteroatoms. The van der Waals surface area contributed by atoms with Gasteiger partial charge in [-0.2, -0.15) is 0 Å². The molecule has 1 aromatic carbocycles. The fourth-order valence-electron chi connectivity index (χ4n) is 1.99. The number of rotatable bonds is 7. The van der Waals surface area contributed by atoms with Crippen molar-refractivity contribution in [3.63, 3.8) is 0 Å². The van der Waals surface area contributed by atoms with Gasteiger partial charge in [0.15, 0.2) is 0 Å². The summed E-state index contributed by atoms with van der Waals surface area (Å²) in [5, 5.41) is 11.8. The highest BCUT2D eigenvalue weighted by Gasteiger charge is 2.09. The van der Waals surface area contributed by atoms with Crippen LogP contribution in [0.4, 0.5) is 5.69 Å². The van der Waals surface area contributed by atoms with Gasteiger partial charge >= 0.3 is 0 Å². The number of carbonyl (C=O) groups excluding carboxylic acids is 1. The first-order valence-corrected chi connectivity index (χ1v) is 6.77. The van der Waals surface area contributed by atoms with Crippen LogP contribution in [0.5, 0.6) is 0 Å². The average Bonchev–Trinajstić information content (AvgIpc) is 2.38. The van der Waals surface area contributed by atoms with Crippen molar-refractivity contribution in [2.45, 2.75) is 27.2 Å². The number of hydrogen-bond acceptors (Lipinski definition) is 3. The van der Waals surface area contributed by atoms with E-state index in [-0.39, 0.29) is 12.5 Å². The Morgan fingerprint density at radius 3 is 2.68 bits per heavy atom. The molecule has 106 valence electrons. The monoisotopic (exact) mass is 264 g/mol. The summed E-state index contributed by atoms with van der Waals surface area (Å²) in [5.41, 5.74) is 3.13. The lowest BCUT2D eigenvalue weighted by Crippen LogP contribution is -2.34. The topological polar surface area (TPSA) is 52.6 Å². The van der Waals surface area contributed by atoms with Crippen LogP contribution in [0.3, 0.4) is 0 Å². The zero-order valence-corrected chi connectivity index (χ0v) is 12.1. The predicted octanol–water partition coefficient (Wildman–Crippen LogP) is 1.95. The highest BCUT2D eigenvalue weighted by Crippen LogP contribution is 2.15. The standard InChI is InChI=1S/C15H24N2O2/c1-4-17(8-5-9-18)11-15(19)16-14-7-6-12(2)10-13(14)3/h6-7,10,18H,4-5,8-9,11H2,1-3H3,(H,16,19). The molecule has 0 fully saturated rings. The van der Waals surface area contributed by atoms with Crippen LogP contribution in [-0.2, 0) is 4.79 Å². The van der Waals surface area contributed by atoms with Crippen molar-refractivity contribution in [1.29, 1.82) is 0 Å². The second-order valence-electron chi connectivity index (χ2n) is 4.81. The van der Waals surface area contributed by atoms with Crippen LogP contribution >= 0.6 is 0 Å². The summed E-state index contributed by atoms with van der Waals surface area (Å²) in [7, 11) is 0. The molecular formula is C15H24N2O2. The first kappa shape index (κ1) is 15.7. The number of aryl methyl sites for hydroxylation is 2. The second kappa shape index (κ2) is 7.92. The second-order valence-corrected chi connectivity index (χ2v) is 4.81. The number of benzene rings is 1. The first-order valence-electron chi connectivity index (χ1n) is 6.77. The molecule has 1 rings (SSSR count). The Bertz CT molecular complexity index is 419. The van der Waals surface area contributed by atoms with Crippen molar-refractivity contribution in [3.05, 3.63) is 29.3 Å². The van der Waals surface area contributed by atoms with E-state index >= 15 is 0 Å². The molecule has 0 aliphatic heterocycles. The Balaban J connectivity index is 2.54. The van der Waals surface area contributed by atoms with Crippen molar-refractivity contribution in [2.75, 3.05) is 31.6 Å². The molecule has 0 heterocycles. The quantitative estimate of drug-likeness (QED) is 0.791. The van der Waals surface area contributed by atoms with E-state index in [0.29, 0.717) is 13.0 Å². The molecule has 0 atom stereocenters. The molecule has 0 radical (unpaired) electrons. The lowest BCUT2D eigenvalue weighted by molar-refractivity contribution is -0.117. The van der Waals surface area contributed by atoms with E-state index in [2.05, 4.69) is 11.4 Å². The van der Waals surface area contributed by atoms with Gasteiger partial charge in [-0.25, -0.2) is 0 Å². The van der Waals surface area contributed by atoms with Crippen molar-refractivity contribution in [2.24, 2.45) is 0 Å². The maximum absolute atomic E-state index is 12.0. The number of aliphatic hydroxyl groups is 1. The smallest absolute Gasteiger partial charge is 0.238 e. The summed E-state index contributed by atoms with van der Waals surface area (Å²) in [6.07, 6.45) is 0.699. The molecule has 2 N–H and O–H groups in total. The largest absolute Gasteiger partial charge is 0.396 e. The van der Waals surface area contributed by atoms with Gasteiger partial charge in [0.05, 0.1) is 6.54 Å². The normalized spacial score (nSPS) is 10.8. The van der Waals surface area contributed by atoms with Crippen LogP contribution < -0.4 is 5.32 Å². The fourth-order valence-corrected chi connectivity index (χ4v) is 1.99. The summed E-state index contributed by atoms with van der Waals surface area (Å²) in [6.45, 7) is 8.12. The van der Waals surface area contributed by atoms with E-state index in [0.717, 1.165) is 24.3 Å². The van der Waals surface area contributed by atoms with Crippen LogP contribution in [0.1, 0.15) is 24.5 Å². The summed E-state index contributed by atoms with van der Waals surface area (Å²) >= 11 is 0. The van der Waals surface area contributed by atoms with Gasteiger partial charge in [-0.15, -0.1) is 0 Å². The van der Waals surface area contributed by atoms with E-state index in [4.69, 9.17) is 5.11 Å². The van der Waals surface area contributed by atoms with Gasteiger partial charge in [-0.1, -0.05) is 24.6 Å². The zero-order valence-electron chi connectivity index (χ0n) is 12.1. The van der Waals surface area contributed by atoms with E-state index in [1.54, 1.807) is 0 Å². The van der Waals surface area contributed by atoms with E-state index in [1.165, 1.54) is 5.56 Å². The fraction of sp³-hybridized carbons (Fsp3) is 0.533. The van der Waals surface area contributed by atoms with Crippen LogP contribution in [0.15, 0.2) is 18.2 Å². The molecule has 0 spiro atoms. The number of hydrogen-bond donors (Lipinski definition) is 2. The number of carbonyl (C=O) groups is 1. The van der Waals surface area contributed by atoms with Gasteiger partial charge in [0.2, 0.25) is 5.91 Å². The van der Waals surface area contributed by atoms with Crippen molar-refractivity contribution in [3.8, 4) is 0 Å². The van der Waals surface area contributed by atoms with Gasteiger partial charge in [-0.05, 0) is 38.4 Å². The molecular weight excluding hydrogens is 240 g/mol. The van der Waals surface area contributed by atoms with Crippen molar-refractivity contribution in [1.82, 2.24) is 4.90 Å². The van der Waals surface area contributed by atoms with Gasteiger partial charge in [0, 0.05) is 18.8 Å². The Labute approximate surface area is 115 Å². The van der Waals surface area contributed by atoms with Crippen LogP contribution in [0.25, 0.3) is 0 Å². The molecule has 0 aliphatic carbocycles. The number of nitrogens with zero attached hydrogens (tertiary/aromatic N) is 1. The molecule has 0 bridgehead atoms. The SMILES string of the molecule is CCN(CCCO)CC(=O)Nc1ccc(C)cc1C. The van der Waals surface area contributed by atoms with Crippen LogP contribution in [0.2, 0.25) is 0 Å². The number of anilines is 1. The molecule has 1 aromatic rings. The van der Waals surface area contributed by atoms with E-state index < -0.39 is 0 Å². The van der Waals surface area contributed by atoms with Crippen molar-refractivity contribution < 1.29 is 9.90 Å². The molecule has 1 amide bonds. The Hall–Kier alpha value is -1.39. The average molecular weight is 264 g/mol. The summed E-state index contributed by atoms with van der Waals surface area (Å²) in [5.74, 6) is -0.00765. The third kappa shape index (κ3) is 5.41. The lowest BCUT2D eigenvalue weighted by atomic mass is 10.1. The highest BCUT2D eigenvalue weighted by atomic mass is 16.3. The maximum Gasteiger partial charge on any atom is 0.238 e. The van der Waals surface area contributed by atoms with Gasteiger partial charge in [0.1, 0.15) is 0 Å². The van der Waals surface area contributed by atoms with Crippen LogP contribution in [-0.4, -0.2) is 42.2 Å². The zero-order chi connectivity index (χ0) is 14.3. The minimum atomic E-state index is -0.00765. The Kier molecular flexibility index (Phi) is 6.53. The van der Waals surface area contributed by atoms with E-state index in [9.17, 15) is 4.79 Å². The Morgan fingerprint density at radius 1 is 1.37 bits per heavy atom.